The van der Waals surface area contributed by atoms with Gasteiger partial charge in [-0.15, -0.1) is 5.10 Å². The number of aromatic carboxylic acids is 1. The van der Waals surface area contributed by atoms with Crippen LogP contribution in [0.25, 0.3) is 27.8 Å². The molecule has 0 unspecified atom stereocenters. The zero-order valence-corrected chi connectivity index (χ0v) is 23.1. The minimum Gasteiger partial charge on any atom is -0.477 e. The van der Waals surface area contributed by atoms with Crippen LogP contribution < -0.4 is 4.90 Å². The van der Waals surface area contributed by atoms with Crippen LogP contribution in [0.3, 0.4) is 0 Å². The van der Waals surface area contributed by atoms with Crippen LogP contribution in [0.2, 0.25) is 5.02 Å². The van der Waals surface area contributed by atoms with Crippen LogP contribution in [0.4, 0.5) is 5.82 Å². The fraction of sp³-hybridized carbons (Fsp3) is 0.387. The molecule has 1 aliphatic heterocycles. The average Bonchev–Trinajstić information content (AvgIpc) is 3.61. The van der Waals surface area contributed by atoms with Crippen LogP contribution in [-0.4, -0.2) is 46.0 Å². The van der Waals surface area contributed by atoms with Crippen molar-refractivity contribution in [1.82, 2.24) is 9.78 Å². The first-order valence-corrected chi connectivity index (χ1v) is 14.3. The molecule has 1 aliphatic carbocycles. The maximum atomic E-state index is 14.0. The van der Waals surface area contributed by atoms with E-state index in [0.29, 0.717) is 42.7 Å². The van der Waals surface area contributed by atoms with Crippen molar-refractivity contribution in [2.75, 3.05) is 18.1 Å². The number of furan rings is 1. The molecule has 2 aromatic heterocycles. The van der Waals surface area contributed by atoms with E-state index in [0.717, 1.165) is 47.8 Å². The number of halogens is 1. The number of benzene rings is 2. The third-order valence-corrected chi connectivity index (χ3v) is 8.61. The van der Waals surface area contributed by atoms with E-state index in [1.54, 1.807) is 17.2 Å². The van der Waals surface area contributed by atoms with Gasteiger partial charge in [-0.25, -0.2) is 9.48 Å². The quantitative estimate of drug-likeness (QED) is 0.273. The molecule has 9 heteroatoms. The molecule has 2 fully saturated rings. The highest BCUT2D eigenvalue weighted by molar-refractivity contribution is 6.33. The summed E-state index contributed by atoms with van der Waals surface area (Å²) in [6.45, 7) is 3.27. The Labute approximate surface area is 237 Å². The van der Waals surface area contributed by atoms with Gasteiger partial charge in [0.15, 0.2) is 5.82 Å². The summed E-state index contributed by atoms with van der Waals surface area (Å²) < 4.78 is 12.6. The molecule has 8 nitrogen and oxygen atoms in total. The lowest BCUT2D eigenvalue weighted by atomic mass is 9.82. The molecule has 3 heterocycles. The smallest absolute Gasteiger partial charge is 0.341 e. The van der Waals surface area contributed by atoms with E-state index in [1.165, 1.54) is 10.9 Å². The molecule has 1 amide bonds. The number of amides is 1. The Morgan fingerprint density at radius 3 is 2.52 bits per heavy atom. The van der Waals surface area contributed by atoms with Gasteiger partial charge in [0.05, 0.1) is 17.0 Å². The first-order valence-electron chi connectivity index (χ1n) is 13.9. The summed E-state index contributed by atoms with van der Waals surface area (Å²) in [6.07, 6.45) is 8.01. The van der Waals surface area contributed by atoms with Gasteiger partial charge in [-0.2, -0.15) is 0 Å². The molecule has 6 rings (SSSR count). The minimum absolute atomic E-state index is 0.00695. The maximum absolute atomic E-state index is 14.0. The maximum Gasteiger partial charge on any atom is 0.341 e. The second-order valence-corrected chi connectivity index (χ2v) is 11.4. The van der Waals surface area contributed by atoms with Gasteiger partial charge in [-0.3, -0.25) is 9.69 Å². The summed E-state index contributed by atoms with van der Waals surface area (Å²) in [5.74, 6) is -0.508. The van der Waals surface area contributed by atoms with Crippen LogP contribution in [0.15, 0.2) is 59.3 Å². The molecule has 0 spiro atoms. The highest BCUT2D eigenvalue weighted by atomic mass is 35.5. The number of carbonyl (C=O) groups is 2. The number of hydrogen-bond acceptors (Lipinski definition) is 5. The standard InChI is InChI=1S/C31H32ClN3O5/c1-19-2-4-21(5-3-19)30(36)35(23-11-13-39-14-12-23)29-26(31(37)38)18-34(33-29)24-8-9-25(27(32)17-24)22-7-6-20-10-15-40-28(20)16-22/h6-10,15-19,21,23H,2-5,11-14H2,1H3,(H,37,38)/t19-,21-. The summed E-state index contributed by atoms with van der Waals surface area (Å²) in [4.78, 5) is 28.1. The van der Waals surface area contributed by atoms with Crippen molar-refractivity contribution in [1.29, 1.82) is 0 Å². The van der Waals surface area contributed by atoms with Crippen LogP contribution in [-0.2, 0) is 9.53 Å². The van der Waals surface area contributed by atoms with Crippen molar-refractivity contribution in [2.45, 2.75) is 51.5 Å². The number of carboxylic acids is 1. The number of fused-ring (bicyclic) bond motifs is 1. The van der Waals surface area contributed by atoms with E-state index in [4.69, 9.17) is 25.9 Å². The van der Waals surface area contributed by atoms with E-state index >= 15 is 0 Å². The molecule has 2 aromatic carbocycles. The number of ether oxygens (including phenoxy) is 1. The lowest BCUT2D eigenvalue weighted by Gasteiger charge is -2.37. The molecular formula is C31H32ClN3O5. The molecular weight excluding hydrogens is 530 g/mol. The topological polar surface area (TPSA) is 97.8 Å². The van der Waals surface area contributed by atoms with E-state index in [-0.39, 0.29) is 29.2 Å². The predicted molar refractivity (Wildman–Crippen MR) is 153 cm³/mol. The largest absolute Gasteiger partial charge is 0.477 e. The van der Waals surface area contributed by atoms with Crippen molar-refractivity contribution >= 4 is 40.3 Å². The van der Waals surface area contributed by atoms with Crippen LogP contribution in [0, 0.1) is 11.8 Å². The Hall–Kier alpha value is -3.62. The Bertz CT molecular complexity index is 1550. The molecule has 0 radical (unpaired) electrons. The summed E-state index contributed by atoms with van der Waals surface area (Å²) >= 11 is 6.73. The Morgan fingerprint density at radius 2 is 1.80 bits per heavy atom. The van der Waals surface area contributed by atoms with Gasteiger partial charge in [-0.1, -0.05) is 36.7 Å². The van der Waals surface area contributed by atoms with Crippen molar-refractivity contribution in [3.8, 4) is 16.8 Å². The summed E-state index contributed by atoms with van der Waals surface area (Å²) in [5, 5.41) is 16.4. The number of anilines is 1. The number of hydrogen-bond donors (Lipinski definition) is 1. The first-order chi connectivity index (χ1) is 19.4. The van der Waals surface area contributed by atoms with Crippen LogP contribution in [0.1, 0.15) is 55.8 Å². The second-order valence-electron chi connectivity index (χ2n) is 11.0. The summed E-state index contributed by atoms with van der Waals surface area (Å²) in [5.41, 5.74) is 3.09. The van der Waals surface area contributed by atoms with Crippen LogP contribution in [0.5, 0.6) is 0 Å². The fourth-order valence-corrected chi connectivity index (χ4v) is 6.22. The molecule has 0 atom stereocenters. The third kappa shape index (κ3) is 5.13. The fourth-order valence-electron chi connectivity index (χ4n) is 5.93. The SMILES string of the molecule is C[C@H]1CC[C@H](C(=O)N(c2nn(-c3ccc(-c4ccc5ccoc5c4)c(Cl)c3)cc2C(=O)O)C2CCOCC2)CC1. The van der Waals surface area contributed by atoms with Gasteiger partial charge in [0, 0.05) is 42.3 Å². The minimum atomic E-state index is -1.13. The molecule has 4 aromatic rings. The number of rotatable bonds is 6. The first kappa shape index (κ1) is 26.6. The van der Waals surface area contributed by atoms with E-state index < -0.39 is 5.97 Å². The van der Waals surface area contributed by atoms with E-state index in [2.05, 4.69) is 6.92 Å². The molecule has 1 saturated carbocycles. The summed E-state index contributed by atoms with van der Waals surface area (Å²) in [6, 6.07) is 13.1. The lowest BCUT2D eigenvalue weighted by molar-refractivity contribution is -0.124. The van der Waals surface area contributed by atoms with Gasteiger partial charge in [0.1, 0.15) is 11.1 Å². The van der Waals surface area contributed by atoms with E-state index in [1.807, 2.05) is 36.4 Å². The molecule has 40 heavy (non-hydrogen) atoms. The number of nitrogens with zero attached hydrogens (tertiary/aromatic N) is 3. The second kappa shape index (κ2) is 11.1. The van der Waals surface area contributed by atoms with Gasteiger partial charge in [0.2, 0.25) is 5.91 Å². The third-order valence-electron chi connectivity index (χ3n) is 8.30. The Morgan fingerprint density at radius 1 is 1.02 bits per heavy atom. The molecule has 2 aliphatic rings. The van der Waals surface area contributed by atoms with Gasteiger partial charge in [0.25, 0.3) is 0 Å². The number of aromatic nitrogens is 2. The number of carboxylic acid groups (broad SMARTS) is 1. The van der Waals surface area contributed by atoms with Crippen molar-refractivity contribution in [3.05, 3.63) is 65.5 Å². The molecule has 1 saturated heterocycles. The zero-order chi connectivity index (χ0) is 27.8. The Kier molecular flexibility index (Phi) is 7.38. The molecule has 208 valence electrons. The van der Waals surface area contributed by atoms with Crippen molar-refractivity contribution in [2.24, 2.45) is 11.8 Å². The van der Waals surface area contributed by atoms with Gasteiger partial charge < -0.3 is 14.3 Å². The summed E-state index contributed by atoms with van der Waals surface area (Å²) in [7, 11) is 0. The van der Waals surface area contributed by atoms with E-state index in [9.17, 15) is 14.7 Å². The van der Waals surface area contributed by atoms with Crippen molar-refractivity contribution < 1.29 is 23.8 Å². The monoisotopic (exact) mass is 561 g/mol. The van der Waals surface area contributed by atoms with Crippen molar-refractivity contribution in [3.63, 3.8) is 0 Å². The Balaban J connectivity index is 1.36. The normalized spacial score (nSPS) is 20.1. The lowest BCUT2D eigenvalue weighted by Crippen LogP contribution is -2.47. The highest BCUT2D eigenvalue weighted by Gasteiger charge is 2.37. The van der Waals surface area contributed by atoms with Crippen LogP contribution >= 0.6 is 11.6 Å². The zero-order valence-electron chi connectivity index (χ0n) is 22.4. The highest BCUT2D eigenvalue weighted by Crippen LogP contribution is 2.36. The predicted octanol–water partition coefficient (Wildman–Crippen LogP) is 6.98. The average molecular weight is 562 g/mol. The van der Waals surface area contributed by atoms with Gasteiger partial charge >= 0.3 is 5.97 Å². The molecule has 1 N–H and O–H groups in total. The molecule has 0 bridgehead atoms. The van der Waals surface area contributed by atoms with Gasteiger partial charge in [-0.05, 0) is 74.3 Å². The number of carbonyl (C=O) groups excluding carboxylic acids is 1.